The van der Waals surface area contributed by atoms with E-state index in [0.717, 1.165) is 13.1 Å². The number of carbonyl (C=O) groups is 1. The van der Waals surface area contributed by atoms with Crippen LogP contribution in [0.4, 0.5) is 17.6 Å². The number of alkyl halides is 4. The Kier molecular flexibility index (Phi) is 6.10. The summed E-state index contributed by atoms with van der Waals surface area (Å²) in [5, 5.41) is 3.28. The molecule has 3 heterocycles. The summed E-state index contributed by atoms with van der Waals surface area (Å²) in [6, 6.07) is 2.63. The number of pyridine rings is 1. The summed E-state index contributed by atoms with van der Waals surface area (Å²) in [5.41, 5.74) is 0.316. The number of aromatic nitrogens is 1. The highest BCUT2D eigenvalue weighted by Crippen LogP contribution is 2.28. The first kappa shape index (κ1) is 19.7. The van der Waals surface area contributed by atoms with Crippen molar-refractivity contribution in [3.05, 3.63) is 23.9 Å². The van der Waals surface area contributed by atoms with Crippen LogP contribution in [0.25, 0.3) is 0 Å². The average molecular weight is 384 g/mol. The number of likely N-dealkylation sites (tertiary alicyclic amines) is 1. The third kappa shape index (κ3) is 4.33. The molecule has 25 heavy (non-hydrogen) atoms. The highest BCUT2D eigenvalue weighted by molar-refractivity contribution is 5.94. The molecule has 1 N–H and O–H groups in total. The van der Waals surface area contributed by atoms with Gasteiger partial charge in [0.05, 0.1) is 5.56 Å². The van der Waals surface area contributed by atoms with Crippen LogP contribution in [0, 0.1) is 11.8 Å². The second-order valence-electron chi connectivity index (χ2n) is 6.12. The molecule has 2 atom stereocenters. The Morgan fingerprint density at radius 2 is 1.96 bits per heavy atom. The van der Waals surface area contributed by atoms with Crippen molar-refractivity contribution >= 4 is 18.3 Å². The smallest absolute Gasteiger partial charge is 0.340 e. The Hall–Kier alpha value is -1.61. The summed E-state index contributed by atoms with van der Waals surface area (Å²) in [6.07, 6.45) is -2.59. The van der Waals surface area contributed by atoms with Crippen molar-refractivity contribution in [2.75, 3.05) is 32.8 Å². The fourth-order valence-electron chi connectivity index (χ4n) is 3.03. The standard InChI is InChI=1S/C15H17F4N3O2.ClH/c16-14(17)15(18,19)8-24-12-2-1-9(5-21-12)13(23)22-6-10-3-20-4-11(10)7-22;/h1-2,5,10-11,14,20H,3-4,6-8H2;1H/t10-,11+;. The molecule has 2 aliphatic rings. The zero-order valence-corrected chi connectivity index (χ0v) is 13.9. The van der Waals surface area contributed by atoms with E-state index in [1.54, 1.807) is 4.90 Å². The van der Waals surface area contributed by atoms with Crippen molar-refractivity contribution in [1.29, 1.82) is 0 Å². The molecule has 1 amide bonds. The molecule has 0 unspecified atom stereocenters. The molecule has 2 saturated heterocycles. The van der Waals surface area contributed by atoms with E-state index in [1.807, 2.05) is 0 Å². The monoisotopic (exact) mass is 383 g/mol. The van der Waals surface area contributed by atoms with Gasteiger partial charge in [-0.1, -0.05) is 0 Å². The summed E-state index contributed by atoms with van der Waals surface area (Å²) in [6.45, 7) is 1.69. The third-order valence-corrected chi connectivity index (χ3v) is 4.39. The van der Waals surface area contributed by atoms with Crippen molar-refractivity contribution in [1.82, 2.24) is 15.2 Å². The molecule has 2 aliphatic heterocycles. The molecule has 1 aromatic rings. The van der Waals surface area contributed by atoms with Crippen LogP contribution in [0.1, 0.15) is 10.4 Å². The van der Waals surface area contributed by atoms with Crippen LogP contribution in [0.15, 0.2) is 18.3 Å². The van der Waals surface area contributed by atoms with Gasteiger partial charge in [0.25, 0.3) is 5.91 Å². The first-order valence-electron chi connectivity index (χ1n) is 7.61. The number of halogens is 5. The van der Waals surface area contributed by atoms with Crippen LogP contribution < -0.4 is 10.1 Å². The normalized spacial score (nSPS) is 22.7. The number of amides is 1. The predicted octanol–water partition coefficient (Wildman–Crippen LogP) is 2.07. The molecule has 0 aromatic carbocycles. The third-order valence-electron chi connectivity index (χ3n) is 4.39. The van der Waals surface area contributed by atoms with Crippen molar-refractivity contribution in [2.45, 2.75) is 12.3 Å². The highest BCUT2D eigenvalue weighted by Gasteiger charge is 2.42. The topological polar surface area (TPSA) is 54.5 Å². The van der Waals surface area contributed by atoms with E-state index >= 15 is 0 Å². The summed E-state index contributed by atoms with van der Waals surface area (Å²) in [4.78, 5) is 17.9. The van der Waals surface area contributed by atoms with Crippen LogP contribution in [0.5, 0.6) is 5.88 Å². The van der Waals surface area contributed by atoms with E-state index < -0.39 is 19.0 Å². The molecular formula is C15H18ClF4N3O2. The number of hydrogen-bond acceptors (Lipinski definition) is 4. The van der Waals surface area contributed by atoms with Gasteiger partial charge in [-0.25, -0.2) is 13.8 Å². The van der Waals surface area contributed by atoms with Crippen molar-refractivity contribution in [2.24, 2.45) is 11.8 Å². The second kappa shape index (κ2) is 7.74. The number of ether oxygens (including phenoxy) is 1. The number of rotatable bonds is 5. The number of nitrogens with zero attached hydrogens (tertiary/aromatic N) is 2. The van der Waals surface area contributed by atoms with E-state index in [2.05, 4.69) is 15.0 Å². The Bertz CT molecular complexity index is 591. The van der Waals surface area contributed by atoms with Gasteiger partial charge in [0.15, 0.2) is 6.61 Å². The van der Waals surface area contributed by atoms with Crippen LogP contribution in [-0.2, 0) is 0 Å². The fourth-order valence-corrected chi connectivity index (χ4v) is 3.03. The van der Waals surface area contributed by atoms with Crippen molar-refractivity contribution < 1.29 is 27.1 Å². The zero-order chi connectivity index (χ0) is 17.3. The summed E-state index contributed by atoms with van der Waals surface area (Å²) in [7, 11) is 0. The van der Waals surface area contributed by atoms with Crippen LogP contribution in [0.3, 0.4) is 0 Å². The molecule has 10 heteroatoms. The van der Waals surface area contributed by atoms with Crippen LogP contribution in [-0.4, -0.2) is 60.9 Å². The zero-order valence-electron chi connectivity index (χ0n) is 13.1. The molecule has 0 saturated carbocycles. The highest BCUT2D eigenvalue weighted by atomic mass is 35.5. The average Bonchev–Trinajstić information content (AvgIpc) is 3.14. The minimum absolute atomic E-state index is 0. The molecule has 2 fully saturated rings. The van der Waals surface area contributed by atoms with Gasteiger partial charge in [-0.3, -0.25) is 4.79 Å². The maximum absolute atomic E-state index is 12.8. The fraction of sp³-hybridized carbons (Fsp3) is 0.600. The minimum atomic E-state index is -4.24. The van der Waals surface area contributed by atoms with E-state index in [1.165, 1.54) is 18.3 Å². The van der Waals surface area contributed by atoms with Gasteiger partial charge in [0.1, 0.15) is 0 Å². The molecule has 3 rings (SSSR count). The molecule has 0 bridgehead atoms. The lowest BCUT2D eigenvalue weighted by molar-refractivity contribution is -0.148. The summed E-state index contributed by atoms with van der Waals surface area (Å²) < 4.78 is 54.3. The Morgan fingerprint density at radius 1 is 1.32 bits per heavy atom. The van der Waals surface area contributed by atoms with Crippen molar-refractivity contribution in [3.8, 4) is 5.88 Å². The second-order valence-corrected chi connectivity index (χ2v) is 6.12. The lowest BCUT2D eigenvalue weighted by Crippen LogP contribution is -2.34. The van der Waals surface area contributed by atoms with Gasteiger partial charge in [0.2, 0.25) is 5.88 Å². The number of nitrogens with one attached hydrogen (secondary N) is 1. The Morgan fingerprint density at radius 3 is 2.48 bits per heavy atom. The van der Waals surface area contributed by atoms with Gasteiger partial charge < -0.3 is 15.0 Å². The predicted molar refractivity (Wildman–Crippen MR) is 83.7 cm³/mol. The van der Waals surface area contributed by atoms with E-state index in [4.69, 9.17) is 0 Å². The Labute approximate surface area is 148 Å². The minimum Gasteiger partial charge on any atom is -0.471 e. The van der Waals surface area contributed by atoms with Gasteiger partial charge in [-0.2, -0.15) is 8.78 Å². The number of fused-ring (bicyclic) bond motifs is 1. The van der Waals surface area contributed by atoms with Crippen molar-refractivity contribution in [3.63, 3.8) is 0 Å². The largest absolute Gasteiger partial charge is 0.471 e. The number of carbonyl (C=O) groups excluding carboxylic acids is 1. The number of hydrogen-bond donors (Lipinski definition) is 1. The molecule has 5 nitrogen and oxygen atoms in total. The Balaban J connectivity index is 0.00000225. The van der Waals surface area contributed by atoms with E-state index in [9.17, 15) is 22.4 Å². The van der Waals surface area contributed by atoms with Crippen LogP contribution >= 0.6 is 12.4 Å². The molecule has 0 radical (unpaired) electrons. The van der Waals surface area contributed by atoms with Gasteiger partial charge in [-0.05, 0) is 17.9 Å². The SMILES string of the molecule is Cl.O=C(c1ccc(OCC(F)(F)C(F)F)nc1)N1C[C@H]2CNC[C@H]2C1. The van der Waals surface area contributed by atoms with E-state index in [-0.39, 0.29) is 24.2 Å². The van der Waals surface area contributed by atoms with Gasteiger partial charge >= 0.3 is 12.3 Å². The molecule has 1 aromatic heterocycles. The quantitative estimate of drug-likeness (QED) is 0.791. The summed E-state index contributed by atoms with van der Waals surface area (Å²) in [5.74, 6) is -3.73. The molecule has 0 aliphatic carbocycles. The molecule has 140 valence electrons. The maximum Gasteiger partial charge on any atom is 0.340 e. The summed E-state index contributed by atoms with van der Waals surface area (Å²) >= 11 is 0. The van der Waals surface area contributed by atoms with Crippen LogP contribution in [0.2, 0.25) is 0 Å². The maximum atomic E-state index is 12.8. The lowest BCUT2D eigenvalue weighted by Gasteiger charge is -2.18. The lowest BCUT2D eigenvalue weighted by atomic mass is 10.0. The van der Waals surface area contributed by atoms with Gasteiger partial charge in [0, 0.05) is 38.4 Å². The van der Waals surface area contributed by atoms with E-state index in [0.29, 0.717) is 30.5 Å². The first-order chi connectivity index (χ1) is 11.4. The first-order valence-corrected chi connectivity index (χ1v) is 7.61. The molecular weight excluding hydrogens is 366 g/mol. The van der Waals surface area contributed by atoms with Gasteiger partial charge in [-0.15, -0.1) is 12.4 Å². The molecule has 0 spiro atoms.